The van der Waals surface area contributed by atoms with Crippen molar-refractivity contribution in [2.75, 3.05) is 0 Å². The molecule has 0 unspecified atom stereocenters. The molecule has 13 heavy (non-hydrogen) atoms. The van der Waals surface area contributed by atoms with E-state index < -0.39 is 10.0 Å². The van der Waals surface area contributed by atoms with Gasteiger partial charge >= 0.3 is 79.0 Å². The quantitative estimate of drug-likeness (QED) is 0.670. The zero-order valence-corrected chi connectivity index (χ0v) is 8.14. The maximum absolute atomic E-state index is 11.5. The third kappa shape index (κ3) is 2.28. The second-order valence-corrected chi connectivity index (χ2v) is 4.27. The van der Waals surface area contributed by atoms with E-state index >= 15 is 0 Å². The second kappa shape index (κ2) is 3.87. The van der Waals surface area contributed by atoms with E-state index in [0.717, 1.165) is 12.5 Å². The Labute approximate surface area is 79.5 Å². The Hall–Kier alpha value is -0.900. The molecule has 1 aromatic carbocycles. The van der Waals surface area contributed by atoms with Crippen LogP contribution in [0.15, 0.2) is 29.2 Å². The number of rotatable bonds is 3. The van der Waals surface area contributed by atoms with Gasteiger partial charge in [0.05, 0.1) is 0 Å². The van der Waals surface area contributed by atoms with Crippen LogP contribution in [0, 0.1) is 6.92 Å². The number of benzene rings is 1. The first kappa shape index (κ1) is 10.2. The van der Waals surface area contributed by atoms with Crippen molar-refractivity contribution in [2.45, 2.75) is 11.8 Å². The molecule has 0 aliphatic carbocycles. The SMILES string of the molecule is B=BNS(=O)(=O)c1ccccc1C. The van der Waals surface area contributed by atoms with Gasteiger partial charge in [0.25, 0.3) is 0 Å². The van der Waals surface area contributed by atoms with Gasteiger partial charge in [0.15, 0.2) is 0 Å². The van der Waals surface area contributed by atoms with Gasteiger partial charge in [0, 0.05) is 0 Å². The van der Waals surface area contributed by atoms with Crippen LogP contribution >= 0.6 is 0 Å². The predicted octanol–water partition coefficient (Wildman–Crippen LogP) is -0.292. The third-order valence-corrected chi connectivity index (χ3v) is 3.14. The van der Waals surface area contributed by atoms with Crippen molar-refractivity contribution < 1.29 is 8.42 Å². The summed E-state index contributed by atoms with van der Waals surface area (Å²) in [4.78, 5) is 0.287. The van der Waals surface area contributed by atoms with Crippen LogP contribution in [-0.2, 0) is 10.0 Å². The Morgan fingerprint density at radius 2 is 2.00 bits per heavy atom. The fourth-order valence-corrected chi connectivity index (χ4v) is 2.13. The van der Waals surface area contributed by atoms with E-state index in [-0.39, 0.29) is 4.90 Å². The molecule has 0 atom stereocenters. The molecule has 3 nitrogen and oxygen atoms in total. The van der Waals surface area contributed by atoms with Gasteiger partial charge in [-0.1, -0.05) is 0 Å². The van der Waals surface area contributed by atoms with Gasteiger partial charge in [0.1, 0.15) is 0 Å². The first-order chi connectivity index (χ1) is 6.08. The summed E-state index contributed by atoms with van der Waals surface area (Å²) in [5.74, 6) is 0. The Kier molecular flexibility index (Phi) is 3.03. The first-order valence-corrected chi connectivity index (χ1v) is 5.25. The second-order valence-electron chi connectivity index (χ2n) is 2.59. The van der Waals surface area contributed by atoms with E-state index in [1.54, 1.807) is 31.2 Å². The molecule has 0 amide bonds. The van der Waals surface area contributed by atoms with E-state index in [4.69, 9.17) is 0 Å². The average Bonchev–Trinajstić information content (AvgIpc) is 2.04. The Balaban J connectivity index is 3.22. The molecule has 66 valence electrons. The summed E-state index contributed by atoms with van der Waals surface area (Å²) >= 11 is 0. The molecule has 6 heteroatoms. The standard InChI is InChI=1S/C7H9B2NO2S/c1-6-4-2-3-5-7(6)13(11,12)10-9-8/h2-5,8,10H,1H3. The molecule has 0 aromatic heterocycles. The first-order valence-electron chi connectivity index (χ1n) is 3.77. The molecule has 0 radical (unpaired) electrons. The summed E-state index contributed by atoms with van der Waals surface area (Å²) in [5, 5.41) is 0. The molecule has 1 rings (SSSR count). The van der Waals surface area contributed by atoms with Crippen LogP contribution in [0.5, 0.6) is 0 Å². The molecule has 0 fully saturated rings. The molecule has 0 saturated carbocycles. The zero-order chi connectivity index (χ0) is 9.90. The number of aryl methyl sites for hydroxylation is 1. The summed E-state index contributed by atoms with van der Waals surface area (Å²) in [6.07, 6.45) is 0. The summed E-state index contributed by atoms with van der Waals surface area (Å²) in [6, 6.07) is 6.78. The fraction of sp³-hybridized carbons (Fsp3) is 0.143. The Morgan fingerprint density at radius 3 is 2.54 bits per heavy atom. The number of nitrogens with one attached hydrogen (secondary N) is 1. The Bertz CT molecular complexity index is 416. The summed E-state index contributed by atoms with van der Waals surface area (Å²) in [7, 11) is -0.0983. The van der Waals surface area contributed by atoms with Crippen LogP contribution in [0.1, 0.15) is 5.56 Å². The van der Waals surface area contributed by atoms with Gasteiger partial charge in [-0.05, 0) is 0 Å². The maximum atomic E-state index is 11.5. The van der Waals surface area contributed by atoms with Gasteiger partial charge in [-0.2, -0.15) is 0 Å². The Morgan fingerprint density at radius 1 is 1.38 bits per heavy atom. The summed E-state index contributed by atoms with van der Waals surface area (Å²) in [5.41, 5.74) is 0.719. The van der Waals surface area contributed by atoms with E-state index in [1.807, 2.05) is 0 Å². The van der Waals surface area contributed by atoms with Crippen LogP contribution in [0.25, 0.3) is 0 Å². The van der Waals surface area contributed by atoms with E-state index in [2.05, 4.69) is 12.0 Å². The number of hydrogen-bond acceptors (Lipinski definition) is 2. The minimum atomic E-state index is -3.41. The molecule has 1 aromatic rings. The monoisotopic (exact) mass is 193 g/mol. The van der Waals surface area contributed by atoms with Crippen molar-refractivity contribution in [3.05, 3.63) is 29.8 Å². The molecule has 0 bridgehead atoms. The molecule has 1 N–H and O–H groups in total. The van der Waals surface area contributed by atoms with Crippen LogP contribution < -0.4 is 4.63 Å². The average molecular weight is 193 g/mol. The van der Waals surface area contributed by atoms with E-state index in [9.17, 15) is 8.42 Å². The third-order valence-electron chi connectivity index (χ3n) is 1.62. The normalized spacial score (nSPS) is 10.5. The van der Waals surface area contributed by atoms with E-state index in [0.29, 0.717) is 0 Å². The molecular formula is C7H9B2NO2S. The zero-order valence-electron chi connectivity index (χ0n) is 7.32. The van der Waals surface area contributed by atoms with E-state index in [1.165, 1.54) is 0 Å². The van der Waals surface area contributed by atoms with Crippen molar-refractivity contribution in [1.29, 1.82) is 0 Å². The number of hydrogen-bond donors (Lipinski definition) is 1. The minimum absolute atomic E-state index is 0.287. The van der Waals surface area contributed by atoms with Crippen molar-refractivity contribution >= 4 is 24.3 Å². The number of sulfonamides is 1. The topological polar surface area (TPSA) is 46.2 Å². The summed E-state index contributed by atoms with van der Waals surface area (Å²) in [6.45, 7) is 2.90. The van der Waals surface area contributed by atoms with Crippen LogP contribution in [-0.4, -0.2) is 22.7 Å². The molecule has 0 aliphatic heterocycles. The molecule has 0 aliphatic rings. The molecule has 0 saturated heterocycles. The van der Waals surface area contributed by atoms with Crippen LogP contribution in [0.3, 0.4) is 0 Å². The van der Waals surface area contributed by atoms with Gasteiger partial charge < -0.3 is 0 Å². The van der Waals surface area contributed by atoms with Gasteiger partial charge in [-0.25, -0.2) is 0 Å². The summed E-state index contributed by atoms with van der Waals surface area (Å²) < 4.78 is 25.2. The van der Waals surface area contributed by atoms with Gasteiger partial charge in [-0.15, -0.1) is 0 Å². The van der Waals surface area contributed by atoms with Crippen molar-refractivity contribution in [3.63, 3.8) is 0 Å². The van der Waals surface area contributed by atoms with Crippen molar-refractivity contribution in [1.82, 2.24) is 4.63 Å². The van der Waals surface area contributed by atoms with Crippen LogP contribution in [0.4, 0.5) is 0 Å². The molecule has 0 heterocycles. The van der Waals surface area contributed by atoms with Crippen LogP contribution in [0.2, 0.25) is 0 Å². The van der Waals surface area contributed by atoms with Crippen molar-refractivity contribution in [3.8, 4) is 0 Å². The van der Waals surface area contributed by atoms with Gasteiger partial charge in [0.2, 0.25) is 0 Å². The fourth-order valence-electron chi connectivity index (χ4n) is 1.03. The van der Waals surface area contributed by atoms with Crippen molar-refractivity contribution in [2.24, 2.45) is 0 Å². The van der Waals surface area contributed by atoms with Gasteiger partial charge in [-0.3, -0.25) is 0 Å². The molecule has 0 spiro atoms. The predicted molar refractivity (Wildman–Crippen MR) is 54.4 cm³/mol. The molecular weight excluding hydrogens is 184 g/mol.